The number of halogens is 2. The standard InChI is InChI=1S/C14H11F2NO3S2/c1-7-9(15)4-8(5-10(7)16)6-11-13(20)17(14(21)22-11)3-2-12(18)19/h4-6H,2-3H2,1H3,(H,18,19)/b11-6-. The van der Waals surface area contributed by atoms with Gasteiger partial charge in [-0.05, 0) is 30.7 Å². The molecule has 1 fully saturated rings. The monoisotopic (exact) mass is 343 g/mol. The summed E-state index contributed by atoms with van der Waals surface area (Å²) in [5.74, 6) is -2.90. The number of carboxylic acid groups (broad SMARTS) is 1. The van der Waals surface area contributed by atoms with E-state index in [1.807, 2.05) is 0 Å². The number of nitrogens with zero attached hydrogens (tertiary/aromatic N) is 1. The van der Waals surface area contributed by atoms with E-state index >= 15 is 0 Å². The van der Waals surface area contributed by atoms with Crippen LogP contribution in [-0.4, -0.2) is 32.7 Å². The lowest BCUT2D eigenvalue weighted by atomic mass is 10.1. The SMILES string of the molecule is Cc1c(F)cc(/C=C2\SC(=S)N(CCC(=O)O)C2=O)cc1F. The van der Waals surface area contributed by atoms with Crippen molar-refractivity contribution in [1.82, 2.24) is 4.90 Å². The third-order valence-electron chi connectivity index (χ3n) is 3.02. The Bertz CT molecular complexity index is 680. The van der Waals surface area contributed by atoms with E-state index in [0.717, 1.165) is 23.9 Å². The summed E-state index contributed by atoms with van der Waals surface area (Å²) in [7, 11) is 0. The van der Waals surface area contributed by atoms with Crippen LogP contribution in [0, 0.1) is 18.6 Å². The number of aliphatic carboxylic acids is 1. The van der Waals surface area contributed by atoms with Gasteiger partial charge in [0.25, 0.3) is 5.91 Å². The van der Waals surface area contributed by atoms with Gasteiger partial charge in [0.2, 0.25) is 0 Å². The number of hydrogen-bond donors (Lipinski definition) is 1. The van der Waals surface area contributed by atoms with Crippen LogP contribution in [0.4, 0.5) is 8.78 Å². The zero-order chi connectivity index (χ0) is 16.4. The summed E-state index contributed by atoms with van der Waals surface area (Å²) in [5, 5.41) is 8.65. The smallest absolute Gasteiger partial charge is 0.305 e. The molecule has 0 aromatic heterocycles. The molecular formula is C14H11F2NO3S2. The molecule has 0 saturated carbocycles. The summed E-state index contributed by atoms with van der Waals surface area (Å²) in [6.07, 6.45) is 1.11. The van der Waals surface area contributed by atoms with Crippen LogP contribution in [0.25, 0.3) is 6.08 Å². The molecule has 22 heavy (non-hydrogen) atoms. The molecule has 1 saturated heterocycles. The van der Waals surface area contributed by atoms with Crippen molar-refractivity contribution < 1.29 is 23.5 Å². The molecule has 1 aliphatic rings. The maximum absolute atomic E-state index is 13.5. The summed E-state index contributed by atoms with van der Waals surface area (Å²) in [5.41, 5.74) is 0.116. The van der Waals surface area contributed by atoms with Crippen molar-refractivity contribution >= 4 is 46.3 Å². The summed E-state index contributed by atoms with van der Waals surface area (Å²) in [4.78, 5) is 24.1. The summed E-state index contributed by atoms with van der Waals surface area (Å²) in [6, 6.07) is 2.25. The zero-order valence-electron chi connectivity index (χ0n) is 11.4. The van der Waals surface area contributed by atoms with Crippen molar-refractivity contribution in [1.29, 1.82) is 0 Å². The van der Waals surface area contributed by atoms with Gasteiger partial charge in [-0.3, -0.25) is 14.5 Å². The molecule has 1 aromatic rings. The minimum atomic E-state index is -1.04. The van der Waals surface area contributed by atoms with E-state index in [2.05, 4.69) is 0 Å². The molecule has 116 valence electrons. The predicted octanol–water partition coefficient (Wildman–Crippen LogP) is 2.95. The molecule has 0 atom stereocenters. The Labute approximate surface area is 134 Å². The first kappa shape index (κ1) is 16.6. The van der Waals surface area contributed by atoms with Gasteiger partial charge in [-0.15, -0.1) is 0 Å². The molecule has 1 N–H and O–H groups in total. The lowest BCUT2D eigenvalue weighted by molar-refractivity contribution is -0.137. The van der Waals surface area contributed by atoms with E-state index in [1.165, 1.54) is 17.9 Å². The van der Waals surface area contributed by atoms with Gasteiger partial charge < -0.3 is 5.11 Å². The van der Waals surface area contributed by atoms with Crippen molar-refractivity contribution in [2.75, 3.05) is 6.54 Å². The molecule has 0 spiro atoms. The maximum Gasteiger partial charge on any atom is 0.305 e. The normalized spacial score (nSPS) is 16.7. The molecule has 1 heterocycles. The Morgan fingerprint density at radius 1 is 1.41 bits per heavy atom. The lowest BCUT2D eigenvalue weighted by Gasteiger charge is -2.12. The number of carbonyl (C=O) groups is 2. The fraction of sp³-hybridized carbons (Fsp3) is 0.214. The Balaban J connectivity index is 2.25. The van der Waals surface area contributed by atoms with Gasteiger partial charge in [-0.2, -0.15) is 0 Å². The van der Waals surface area contributed by atoms with Crippen molar-refractivity contribution in [2.45, 2.75) is 13.3 Å². The number of amides is 1. The number of thioether (sulfide) groups is 1. The molecular weight excluding hydrogens is 332 g/mol. The van der Waals surface area contributed by atoms with Gasteiger partial charge in [-0.25, -0.2) is 8.78 Å². The van der Waals surface area contributed by atoms with Gasteiger partial charge >= 0.3 is 5.97 Å². The first-order chi connectivity index (χ1) is 10.3. The van der Waals surface area contributed by atoms with E-state index < -0.39 is 23.5 Å². The number of thiocarbonyl (C=S) groups is 1. The second-order valence-electron chi connectivity index (χ2n) is 4.59. The highest BCUT2D eigenvalue weighted by molar-refractivity contribution is 8.26. The van der Waals surface area contributed by atoms with Crippen molar-refractivity contribution in [3.05, 3.63) is 39.8 Å². The third-order valence-corrected chi connectivity index (χ3v) is 4.40. The summed E-state index contributed by atoms with van der Waals surface area (Å²) < 4.78 is 27.3. The largest absolute Gasteiger partial charge is 0.481 e. The van der Waals surface area contributed by atoms with Crippen LogP contribution in [-0.2, 0) is 9.59 Å². The Morgan fingerprint density at radius 3 is 2.55 bits per heavy atom. The Kier molecular flexibility index (Phi) is 4.92. The number of hydrogen-bond acceptors (Lipinski definition) is 4. The predicted molar refractivity (Wildman–Crippen MR) is 83.2 cm³/mol. The molecule has 0 aliphatic carbocycles. The van der Waals surface area contributed by atoms with Crippen LogP contribution in [0.2, 0.25) is 0 Å². The van der Waals surface area contributed by atoms with Gasteiger partial charge in [0.1, 0.15) is 16.0 Å². The zero-order valence-corrected chi connectivity index (χ0v) is 13.1. The van der Waals surface area contributed by atoms with Crippen LogP contribution in [0.15, 0.2) is 17.0 Å². The van der Waals surface area contributed by atoms with Crippen LogP contribution < -0.4 is 0 Å². The second-order valence-corrected chi connectivity index (χ2v) is 6.26. The molecule has 1 aliphatic heterocycles. The molecule has 2 rings (SSSR count). The van der Waals surface area contributed by atoms with Crippen LogP contribution in [0.5, 0.6) is 0 Å². The quantitative estimate of drug-likeness (QED) is 0.673. The lowest BCUT2D eigenvalue weighted by Crippen LogP contribution is -2.30. The van der Waals surface area contributed by atoms with E-state index in [0.29, 0.717) is 0 Å². The van der Waals surface area contributed by atoms with Gasteiger partial charge in [-0.1, -0.05) is 24.0 Å². The molecule has 4 nitrogen and oxygen atoms in total. The second kappa shape index (κ2) is 6.53. The summed E-state index contributed by atoms with van der Waals surface area (Å²) >= 11 is 6.00. The highest BCUT2D eigenvalue weighted by Crippen LogP contribution is 2.33. The fourth-order valence-electron chi connectivity index (χ4n) is 1.80. The third kappa shape index (κ3) is 3.50. The van der Waals surface area contributed by atoms with Gasteiger partial charge in [0.15, 0.2) is 0 Å². The first-order valence-electron chi connectivity index (χ1n) is 6.22. The average molecular weight is 343 g/mol. The van der Waals surface area contributed by atoms with E-state index in [9.17, 15) is 18.4 Å². The van der Waals surface area contributed by atoms with E-state index in [1.54, 1.807) is 0 Å². The van der Waals surface area contributed by atoms with Gasteiger partial charge in [0.05, 0.1) is 11.3 Å². The highest BCUT2D eigenvalue weighted by atomic mass is 32.2. The van der Waals surface area contributed by atoms with Gasteiger partial charge in [0, 0.05) is 12.1 Å². The van der Waals surface area contributed by atoms with Crippen molar-refractivity contribution in [2.24, 2.45) is 0 Å². The van der Waals surface area contributed by atoms with E-state index in [4.69, 9.17) is 17.3 Å². The van der Waals surface area contributed by atoms with Crippen LogP contribution in [0.1, 0.15) is 17.5 Å². The maximum atomic E-state index is 13.5. The number of carboxylic acids is 1. The molecule has 1 aromatic carbocycles. The molecule has 0 radical (unpaired) electrons. The minimum Gasteiger partial charge on any atom is -0.481 e. The molecule has 1 amide bonds. The highest BCUT2D eigenvalue weighted by Gasteiger charge is 2.32. The molecule has 8 heteroatoms. The summed E-state index contributed by atoms with van der Waals surface area (Å²) in [6.45, 7) is 1.29. The number of rotatable bonds is 4. The molecule has 0 unspecified atom stereocenters. The van der Waals surface area contributed by atoms with E-state index in [-0.39, 0.29) is 33.3 Å². The first-order valence-corrected chi connectivity index (χ1v) is 7.45. The van der Waals surface area contributed by atoms with Crippen LogP contribution >= 0.6 is 24.0 Å². The Hall–Kier alpha value is -1.80. The van der Waals surface area contributed by atoms with Crippen LogP contribution in [0.3, 0.4) is 0 Å². The Morgan fingerprint density at radius 2 is 2.00 bits per heavy atom. The topological polar surface area (TPSA) is 57.6 Å². The van der Waals surface area contributed by atoms with Crippen molar-refractivity contribution in [3.63, 3.8) is 0 Å². The number of benzene rings is 1. The minimum absolute atomic E-state index is 0.0338. The van der Waals surface area contributed by atoms with Crippen molar-refractivity contribution in [3.8, 4) is 0 Å². The number of carbonyl (C=O) groups excluding carboxylic acids is 1. The average Bonchev–Trinajstić information content (AvgIpc) is 2.68. The molecule has 0 bridgehead atoms. The fourth-order valence-corrected chi connectivity index (χ4v) is 3.11.